The SMILES string of the molecule is CCCC(=O)Oc1ccc(C2Nc3ccc4ccccc4c3C3=C2C(=O)CCC3)cc1OCC. The Morgan fingerprint density at radius 2 is 1.88 bits per heavy atom. The molecule has 0 aromatic heterocycles. The minimum Gasteiger partial charge on any atom is -0.490 e. The molecule has 1 aliphatic heterocycles. The Hall–Kier alpha value is -3.60. The van der Waals surface area contributed by atoms with Crippen LogP contribution in [0.25, 0.3) is 16.3 Å². The van der Waals surface area contributed by atoms with Crippen molar-refractivity contribution < 1.29 is 19.1 Å². The second-order valence-electron chi connectivity index (χ2n) is 8.82. The fourth-order valence-corrected chi connectivity index (χ4v) is 5.09. The van der Waals surface area contributed by atoms with Gasteiger partial charge in [-0.2, -0.15) is 0 Å². The molecule has 1 N–H and O–H groups in total. The molecule has 0 amide bonds. The molecular weight excluding hydrogens is 426 g/mol. The van der Waals surface area contributed by atoms with Crippen LogP contribution in [-0.4, -0.2) is 18.4 Å². The molecule has 1 heterocycles. The van der Waals surface area contributed by atoms with Crippen LogP contribution in [0.2, 0.25) is 0 Å². The van der Waals surface area contributed by atoms with Crippen molar-refractivity contribution in [2.45, 2.75) is 52.0 Å². The van der Waals surface area contributed by atoms with Crippen LogP contribution in [0.15, 0.2) is 60.2 Å². The van der Waals surface area contributed by atoms with E-state index in [-0.39, 0.29) is 17.8 Å². The smallest absolute Gasteiger partial charge is 0.311 e. The maximum Gasteiger partial charge on any atom is 0.311 e. The average Bonchev–Trinajstić information content (AvgIpc) is 2.84. The molecule has 2 aliphatic rings. The number of fused-ring (bicyclic) bond motifs is 4. The number of esters is 1. The molecule has 5 nitrogen and oxygen atoms in total. The van der Waals surface area contributed by atoms with E-state index in [2.05, 4.69) is 29.6 Å². The van der Waals surface area contributed by atoms with Gasteiger partial charge in [0.05, 0.1) is 12.6 Å². The van der Waals surface area contributed by atoms with E-state index in [0.29, 0.717) is 30.9 Å². The van der Waals surface area contributed by atoms with E-state index in [1.54, 1.807) is 6.07 Å². The number of Topliss-reactive ketones (excluding diaryl/α,β-unsaturated/α-hetero) is 1. The molecule has 1 unspecified atom stereocenters. The number of allylic oxidation sites excluding steroid dienone is 1. The molecule has 3 aromatic carbocycles. The molecule has 0 saturated heterocycles. The Morgan fingerprint density at radius 1 is 1.03 bits per heavy atom. The highest BCUT2D eigenvalue weighted by molar-refractivity contribution is 6.12. The third kappa shape index (κ3) is 3.96. The van der Waals surface area contributed by atoms with Crippen LogP contribution in [0, 0.1) is 0 Å². The largest absolute Gasteiger partial charge is 0.490 e. The summed E-state index contributed by atoms with van der Waals surface area (Å²) in [6.45, 7) is 4.29. The van der Waals surface area contributed by atoms with E-state index < -0.39 is 0 Å². The zero-order chi connectivity index (χ0) is 23.7. The minimum atomic E-state index is -0.281. The van der Waals surface area contributed by atoms with Crippen molar-refractivity contribution in [2.75, 3.05) is 11.9 Å². The van der Waals surface area contributed by atoms with Gasteiger partial charge >= 0.3 is 5.97 Å². The van der Waals surface area contributed by atoms with Crippen molar-refractivity contribution in [3.63, 3.8) is 0 Å². The maximum atomic E-state index is 13.3. The normalized spacial score (nSPS) is 17.1. The molecule has 0 spiro atoms. The highest BCUT2D eigenvalue weighted by Crippen LogP contribution is 2.48. The lowest BCUT2D eigenvalue weighted by atomic mass is 9.77. The Balaban J connectivity index is 1.61. The Kier molecular flexibility index (Phi) is 6.10. The fraction of sp³-hybridized carbons (Fsp3) is 0.310. The summed E-state index contributed by atoms with van der Waals surface area (Å²) in [6.07, 6.45) is 3.38. The Morgan fingerprint density at radius 3 is 2.71 bits per heavy atom. The molecule has 0 bridgehead atoms. The first kappa shape index (κ1) is 22.2. The summed E-state index contributed by atoms with van der Waals surface area (Å²) in [5, 5.41) is 5.98. The van der Waals surface area contributed by atoms with Crippen LogP contribution < -0.4 is 14.8 Å². The van der Waals surface area contributed by atoms with E-state index >= 15 is 0 Å². The van der Waals surface area contributed by atoms with E-state index in [1.807, 2.05) is 38.1 Å². The van der Waals surface area contributed by atoms with E-state index in [1.165, 1.54) is 10.8 Å². The fourth-order valence-electron chi connectivity index (χ4n) is 5.09. The lowest BCUT2D eigenvalue weighted by Crippen LogP contribution is -2.27. The summed E-state index contributed by atoms with van der Waals surface area (Å²) in [5.41, 5.74) is 5.08. The lowest BCUT2D eigenvalue weighted by Gasteiger charge is -2.35. The average molecular weight is 456 g/mol. The summed E-state index contributed by atoms with van der Waals surface area (Å²) in [6, 6.07) is 17.9. The van der Waals surface area contributed by atoms with Crippen LogP contribution >= 0.6 is 0 Å². The molecule has 0 saturated carbocycles. The first-order valence-electron chi connectivity index (χ1n) is 12.1. The van der Waals surface area contributed by atoms with Crippen molar-refractivity contribution in [2.24, 2.45) is 0 Å². The van der Waals surface area contributed by atoms with Gasteiger partial charge in [-0.05, 0) is 66.3 Å². The highest BCUT2D eigenvalue weighted by Gasteiger charge is 2.35. The monoisotopic (exact) mass is 455 g/mol. The number of benzene rings is 3. The van der Waals surface area contributed by atoms with Gasteiger partial charge in [-0.25, -0.2) is 0 Å². The van der Waals surface area contributed by atoms with E-state index in [4.69, 9.17) is 9.47 Å². The standard InChI is InChI=1S/C29H29NO4/c1-3-8-26(32)34-24-16-14-19(17-25(24)33-4-2)29-28-21(11-7-12-23(28)31)27-20-10-6-5-9-18(20)13-15-22(27)30-29/h5-6,9-10,13-17,29-30H,3-4,7-8,11-12H2,1-2H3. The Bertz CT molecular complexity index is 1310. The van der Waals surface area contributed by atoms with Crippen molar-refractivity contribution >= 4 is 33.8 Å². The van der Waals surface area contributed by atoms with Gasteiger partial charge in [-0.1, -0.05) is 43.3 Å². The van der Waals surface area contributed by atoms with Gasteiger partial charge in [0.15, 0.2) is 17.3 Å². The van der Waals surface area contributed by atoms with Gasteiger partial charge in [0.2, 0.25) is 0 Å². The van der Waals surface area contributed by atoms with E-state index in [0.717, 1.165) is 47.2 Å². The molecule has 5 rings (SSSR count). The quantitative estimate of drug-likeness (QED) is 0.334. The molecule has 34 heavy (non-hydrogen) atoms. The number of hydrogen-bond acceptors (Lipinski definition) is 5. The maximum absolute atomic E-state index is 13.3. The van der Waals surface area contributed by atoms with Crippen molar-refractivity contribution in [1.82, 2.24) is 0 Å². The van der Waals surface area contributed by atoms with Gasteiger partial charge in [-0.3, -0.25) is 9.59 Å². The molecule has 3 aromatic rings. The first-order chi connectivity index (χ1) is 16.6. The predicted molar refractivity (Wildman–Crippen MR) is 134 cm³/mol. The number of ether oxygens (including phenoxy) is 2. The topological polar surface area (TPSA) is 64.6 Å². The van der Waals surface area contributed by atoms with E-state index in [9.17, 15) is 9.59 Å². The third-order valence-electron chi connectivity index (χ3n) is 6.55. The summed E-state index contributed by atoms with van der Waals surface area (Å²) in [7, 11) is 0. The lowest BCUT2D eigenvalue weighted by molar-refractivity contribution is -0.134. The molecule has 0 fully saturated rings. The molecule has 5 heteroatoms. The minimum absolute atomic E-state index is 0.189. The van der Waals surface area contributed by atoms with Gasteiger partial charge < -0.3 is 14.8 Å². The van der Waals surface area contributed by atoms with Crippen molar-refractivity contribution in [3.05, 3.63) is 71.3 Å². The summed E-state index contributed by atoms with van der Waals surface area (Å²) in [5.74, 6) is 0.838. The molecule has 1 atom stereocenters. The third-order valence-corrected chi connectivity index (χ3v) is 6.55. The second kappa shape index (κ2) is 9.34. The number of rotatable bonds is 6. The highest BCUT2D eigenvalue weighted by atomic mass is 16.6. The number of hydrogen-bond donors (Lipinski definition) is 1. The summed E-state index contributed by atoms with van der Waals surface area (Å²) in [4.78, 5) is 25.3. The van der Waals surface area contributed by atoms with Crippen LogP contribution in [0.5, 0.6) is 11.5 Å². The van der Waals surface area contributed by atoms with Gasteiger partial charge in [0.25, 0.3) is 0 Å². The molecule has 1 aliphatic carbocycles. The van der Waals surface area contributed by atoms with Crippen LogP contribution in [0.4, 0.5) is 5.69 Å². The molecular formula is C29H29NO4. The molecule has 174 valence electrons. The first-order valence-corrected chi connectivity index (χ1v) is 12.1. The predicted octanol–water partition coefficient (Wildman–Crippen LogP) is 6.62. The number of carbonyl (C=O) groups is 2. The number of ketones is 1. The summed E-state index contributed by atoms with van der Waals surface area (Å²) < 4.78 is 11.4. The second-order valence-corrected chi connectivity index (χ2v) is 8.82. The van der Waals surface area contributed by atoms with Crippen LogP contribution in [0.3, 0.4) is 0 Å². The summed E-state index contributed by atoms with van der Waals surface area (Å²) >= 11 is 0. The van der Waals surface area contributed by atoms with Crippen molar-refractivity contribution in [3.8, 4) is 11.5 Å². The molecule has 0 radical (unpaired) electrons. The van der Waals surface area contributed by atoms with Crippen molar-refractivity contribution in [1.29, 1.82) is 0 Å². The zero-order valence-corrected chi connectivity index (χ0v) is 19.6. The Labute approximate surface area is 199 Å². The zero-order valence-electron chi connectivity index (χ0n) is 19.6. The van der Waals surface area contributed by atoms with Crippen LogP contribution in [-0.2, 0) is 9.59 Å². The number of anilines is 1. The number of nitrogens with one attached hydrogen (secondary N) is 1. The van der Waals surface area contributed by atoms with Crippen LogP contribution in [0.1, 0.15) is 63.1 Å². The van der Waals surface area contributed by atoms with Gasteiger partial charge in [0, 0.05) is 29.7 Å². The van der Waals surface area contributed by atoms with Gasteiger partial charge in [-0.15, -0.1) is 0 Å². The van der Waals surface area contributed by atoms with Gasteiger partial charge in [0.1, 0.15) is 0 Å². The number of carbonyl (C=O) groups excluding carboxylic acids is 2.